The third-order valence-corrected chi connectivity index (χ3v) is 3.86. The number of thiophene rings is 1. The van der Waals surface area contributed by atoms with E-state index in [1.807, 2.05) is 16.8 Å². The van der Waals surface area contributed by atoms with Crippen molar-refractivity contribution in [2.24, 2.45) is 0 Å². The first-order valence-corrected chi connectivity index (χ1v) is 6.63. The molecule has 0 saturated heterocycles. The van der Waals surface area contributed by atoms with E-state index in [1.165, 1.54) is 6.07 Å². The molecule has 0 fully saturated rings. The summed E-state index contributed by atoms with van der Waals surface area (Å²) in [5, 5.41) is 3.97. The summed E-state index contributed by atoms with van der Waals surface area (Å²) in [4.78, 5) is -0.196. The quantitative estimate of drug-likeness (QED) is 0.721. The fourth-order valence-electron chi connectivity index (χ4n) is 1.49. The van der Waals surface area contributed by atoms with Gasteiger partial charge < -0.3 is 0 Å². The molecule has 0 bridgehead atoms. The van der Waals surface area contributed by atoms with Crippen LogP contribution in [-0.2, 0) is 6.42 Å². The van der Waals surface area contributed by atoms with Gasteiger partial charge in [-0.2, -0.15) is 11.3 Å². The molecule has 0 spiro atoms. The average Bonchev–Trinajstić information content (AvgIpc) is 2.74. The maximum atomic E-state index is 13.5. The fourth-order valence-corrected chi connectivity index (χ4v) is 2.90. The lowest BCUT2D eigenvalue weighted by atomic mass is 10.1. The van der Waals surface area contributed by atoms with Crippen molar-refractivity contribution >= 4 is 27.3 Å². The molecule has 1 aromatic carbocycles. The molecule has 1 atom stereocenters. The van der Waals surface area contributed by atoms with Gasteiger partial charge in [0.2, 0.25) is 0 Å². The van der Waals surface area contributed by atoms with Gasteiger partial charge in [-0.1, -0.05) is 28.1 Å². The Morgan fingerprint density at radius 2 is 2.06 bits per heavy atom. The Bertz CT molecular complexity index is 468. The molecule has 0 saturated carbocycles. The third-order valence-electron chi connectivity index (χ3n) is 2.31. The van der Waals surface area contributed by atoms with E-state index in [1.54, 1.807) is 17.4 Å². The van der Waals surface area contributed by atoms with Crippen molar-refractivity contribution in [3.8, 4) is 0 Å². The van der Waals surface area contributed by atoms with Gasteiger partial charge in [-0.25, -0.2) is 8.78 Å². The van der Waals surface area contributed by atoms with Crippen molar-refractivity contribution < 1.29 is 8.78 Å². The van der Waals surface area contributed by atoms with E-state index in [0.29, 0.717) is 12.0 Å². The topological polar surface area (TPSA) is 0 Å². The second-order valence-corrected chi connectivity index (χ2v) is 5.33. The molecule has 0 aliphatic rings. The predicted octanol–water partition coefficient (Wildman–Crippen LogP) is 4.71. The normalized spacial score (nSPS) is 12.7. The van der Waals surface area contributed by atoms with Crippen molar-refractivity contribution in [3.05, 3.63) is 57.8 Å². The number of benzene rings is 1. The lowest BCUT2D eigenvalue weighted by Gasteiger charge is -2.10. The van der Waals surface area contributed by atoms with Crippen molar-refractivity contribution in [2.75, 3.05) is 0 Å². The number of hydrogen-bond acceptors (Lipinski definition) is 1. The van der Waals surface area contributed by atoms with Gasteiger partial charge in [-0.15, -0.1) is 0 Å². The van der Waals surface area contributed by atoms with Crippen LogP contribution in [0.1, 0.15) is 16.0 Å². The van der Waals surface area contributed by atoms with Gasteiger partial charge in [0, 0.05) is 10.4 Å². The number of rotatable bonds is 3. The standard InChI is InChI=1S/C12H9BrF2S/c13-10(6-8-4-5-16-7-8)9-2-1-3-11(14)12(9)15/h1-5,7,10H,6H2. The Hall–Kier alpha value is -0.740. The Morgan fingerprint density at radius 3 is 2.75 bits per heavy atom. The molecule has 2 rings (SSSR count). The van der Waals surface area contributed by atoms with E-state index in [0.717, 1.165) is 11.6 Å². The highest BCUT2D eigenvalue weighted by Crippen LogP contribution is 2.30. The molecule has 0 nitrogen and oxygen atoms in total. The second-order valence-electron chi connectivity index (χ2n) is 3.45. The van der Waals surface area contributed by atoms with Crippen LogP contribution in [0, 0.1) is 11.6 Å². The zero-order valence-electron chi connectivity index (χ0n) is 8.29. The molecule has 0 N–H and O–H groups in total. The van der Waals surface area contributed by atoms with Gasteiger partial charge in [0.25, 0.3) is 0 Å². The van der Waals surface area contributed by atoms with Gasteiger partial charge in [0.1, 0.15) is 0 Å². The zero-order valence-corrected chi connectivity index (χ0v) is 10.7. The monoisotopic (exact) mass is 302 g/mol. The largest absolute Gasteiger partial charge is 0.204 e. The molecule has 0 radical (unpaired) electrons. The van der Waals surface area contributed by atoms with Crippen molar-refractivity contribution in [2.45, 2.75) is 11.2 Å². The molecule has 16 heavy (non-hydrogen) atoms. The van der Waals surface area contributed by atoms with E-state index < -0.39 is 11.6 Å². The Balaban J connectivity index is 2.21. The molecule has 1 heterocycles. The van der Waals surface area contributed by atoms with Crippen LogP contribution in [0.2, 0.25) is 0 Å². The lowest BCUT2D eigenvalue weighted by Crippen LogP contribution is -1.99. The van der Waals surface area contributed by atoms with Crippen LogP contribution in [-0.4, -0.2) is 0 Å². The summed E-state index contributed by atoms with van der Waals surface area (Å²) < 4.78 is 26.5. The Morgan fingerprint density at radius 1 is 1.25 bits per heavy atom. The van der Waals surface area contributed by atoms with E-state index >= 15 is 0 Å². The van der Waals surface area contributed by atoms with Crippen LogP contribution in [0.5, 0.6) is 0 Å². The van der Waals surface area contributed by atoms with Crippen LogP contribution in [0.4, 0.5) is 8.78 Å². The van der Waals surface area contributed by atoms with E-state index in [-0.39, 0.29) is 4.83 Å². The van der Waals surface area contributed by atoms with Crippen LogP contribution < -0.4 is 0 Å². The summed E-state index contributed by atoms with van der Waals surface area (Å²) in [6.07, 6.45) is 0.657. The molecule has 84 valence electrons. The minimum Gasteiger partial charge on any atom is -0.204 e. The first-order valence-electron chi connectivity index (χ1n) is 4.77. The average molecular weight is 303 g/mol. The summed E-state index contributed by atoms with van der Waals surface area (Å²) in [7, 11) is 0. The maximum absolute atomic E-state index is 13.5. The predicted molar refractivity (Wildman–Crippen MR) is 66.0 cm³/mol. The van der Waals surface area contributed by atoms with Crippen molar-refractivity contribution in [1.82, 2.24) is 0 Å². The summed E-state index contributed by atoms with van der Waals surface area (Å²) >= 11 is 4.99. The SMILES string of the molecule is Fc1cccc(C(Br)Cc2ccsc2)c1F. The summed E-state index contributed by atoms with van der Waals surface area (Å²) in [6.45, 7) is 0. The fraction of sp³-hybridized carbons (Fsp3) is 0.167. The maximum Gasteiger partial charge on any atom is 0.163 e. The van der Waals surface area contributed by atoms with Crippen molar-refractivity contribution in [3.63, 3.8) is 0 Å². The van der Waals surface area contributed by atoms with E-state index in [2.05, 4.69) is 15.9 Å². The molecular weight excluding hydrogens is 294 g/mol. The first-order chi connectivity index (χ1) is 7.68. The Kier molecular flexibility index (Phi) is 3.71. The molecular formula is C12H9BrF2S. The molecule has 1 aromatic heterocycles. The molecule has 0 amide bonds. The highest BCUT2D eigenvalue weighted by molar-refractivity contribution is 9.09. The summed E-state index contributed by atoms with van der Waals surface area (Å²) in [6, 6.07) is 6.24. The van der Waals surface area contributed by atoms with Gasteiger partial charge in [-0.3, -0.25) is 0 Å². The van der Waals surface area contributed by atoms with E-state index in [4.69, 9.17) is 0 Å². The smallest absolute Gasteiger partial charge is 0.163 e. The molecule has 2 aromatic rings. The van der Waals surface area contributed by atoms with E-state index in [9.17, 15) is 8.78 Å². The third kappa shape index (κ3) is 2.50. The van der Waals surface area contributed by atoms with Gasteiger partial charge in [0.05, 0.1) is 0 Å². The van der Waals surface area contributed by atoms with Gasteiger partial charge in [-0.05, 0) is 34.9 Å². The first kappa shape index (κ1) is 11.7. The minimum atomic E-state index is -0.799. The summed E-state index contributed by atoms with van der Waals surface area (Å²) in [5.74, 6) is -1.56. The van der Waals surface area contributed by atoms with Gasteiger partial charge in [0.15, 0.2) is 11.6 Å². The second kappa shape index (κ2) is 5.06. The Labute approximate surface area is 105 Å². The van der Waals surface area contributed by atoms with Crippen LogP contribution in [0.15, 0.2) is 35.0 Å². The minimum absolute atomic E-state index is 0.196. The lowest BCUT2D eigenvalue weighted by molar-refractivity contribution is 0.498. The molecule has 0 aliphatic carbocycles. The van der Waals surface area contributed by atoms with Crippen LogP contribution in [0.25, 0.3) is 0 Å². The molecule has 1 unspecified atom stereocenters. The molecule has 4 heteroatoms. The van der Waals surface area contributed by atoms with Gasteiger partial charge >= 0.3 is 0 Å². The molecule has 0 aliphatic heterocycles. The van der Waals surface area contributed by atoms with Crippen molar-refractivity contribution in [1.29, 1.82) is 0 Å². The number of alkyl halides is 1. The number of halogens is 3. The highest BCUT2D eigenvalue weighted by atomic mass is 79.9. The summed E-state index contributed by atoms with van der Waals surface area (Å²) in [5.41, 5.74) is 1.49. The van der Waals surface area contributed by atoms with Crippen LogP contribution in [0.3, 0.4) is 0 Å². The highest BCUT2D eigenvalue weighted by Gasteiger charge is 2.15. The zero-order chi connectivity index (χ0) is 11.5. The van der Waals surface area contributed by atoms with Crippen LogP contribution >= 0.6 is 27.3 Å². The number of hydrogen-bond donors (Lipinski definition) is 0.